The fourth-order valence-electron chi connectivity index (χ4n) is 2.04. The molecule has 0 unspecified atom stereocenters. The molecule has 0 fully saturated rings. The predicted molar refractivity (Wildman–Crippen MR) is 83.8 cm³/mol. The second-order valence-corrected chi connectivity index (χ2v) is 5.35. The van der Waals surface area contributed by atoms with Gasteiger partial charge in [-0.1, -0.05) is 43.7 Å². The van der Waals surface area contributed by atoms with Crippen LogP contribution in [0.1, 0.15) is 24.5 Å². The first-order chi connectivity index (χ1) is 10.2. The lowest BCUT2D eigenvalue weighted by Crippen LogP contribution is -2.37. The fraction of sp³-hybridized carbons (Fsp3) is 0.333. The molecule has 0 saturated heterocycles. The largest absolute Gasteiger partial charge is 0.404 e. The molecule has 1 N–H and O–H groups in total. The number of hydrogen-bond acceptors (Lipinski definition) is 4. The highest BCUT2D eigenvalue weighted by atomic mass is 32.2. The topological polar surface area (TPSA) is 64.1 Å². The van der Waals surface area contributed by atoms with Crippen molar-refractivity contribution in [3.63, 3.8) is 0 Å². The van der Waals surface area contributed by atoms with Crippen molar-refractivity contribution in [2.24, 2.45) is 0 Å². The highest BCUT2D eigenvalue weighted by Gasteiger charge is 2.14. The van der Waals surface area contributed by atoms with Crippen molar-refractivity contribution in [1.82, 2.24) is 9.71 Å². The molecule has 6 heteroatoms. The maximum absolute atomic E-state index is 12.0. The molecule has 0 spiro atoms. The Morgan fingerprint density at radius 3 is 2.57 bits per heavy atom. The Morgan fingerprint density at radius 2 is 1.95 bits per heavy atom. The third-order valence-electron chi connectivity index (χ3n) is 3.02. The summed E-state index contributed by atoms with van der Waals surface area (Å²) in [5, 5.41) is 0.571. The zero-order valence-electron chi connectivity index (χ0n) is 12.1. The standard InChI is InChI=1S/C15H18N2O3S/c1-3-7-12-13(18)16-15(19)17(14(12)21-2)20-10-11-8-5-4-6-9-11/h4-6,8-9H,3,7,10H2,1-2H3,(H,16,18,19). The van der Waals surface area contributed by atoms with Crippen molar-refractivity contribution >= 4 is 11.8 Å². The molecule has 5 nitrogen and oxygen atoms in total. The minimum absolute atomic E-state index is 0.270. The zero-order valence-corrected chi connectivity index (χ0v) is 12.9. The van der Waals surface area contributed by atoms with E-state index in [0.717, 1.165) is 12.0 Å². The van der Waals surface area contributed by atoms with Gasteiger partial charge in [-0.3, -0.25) is 9.78 Å². The van der Waals surface area contributed by atoms with E-state index in [1.54, 1.807) is 0 Å². The number of aromatic nitrogens is 2. The number of nitrogens with zero attached hydrogens (tertiary/aromatic N) is 1. The van der Waals surface area contributed by atoms with E-state index in [1.807, 2.05) is 43.5 Å². The van der Waals surface area contributed by atoms with E-state index < -0.39 is 5.69 Å². The van der Waals surface area contributed by atoms with Gasteiger partial charge in [-0.2, -0.15) is 0 Å². The molecule has 0 amide bonds. The van der Waals surface area contributed by atoms with Gasteiger partial charge in [-0.25, -0.2) is 4.79 Å². The Balaban J connectivity index is 2.36. The van der Waals surface area contributed by atoms with Crippen molar-refractivity contribution in [2.75, 3.05) is 6.26 Å². The van der Waals surface area contributed by atoms with Crippen LogP contribution < -0.4 is 16.1 Å². The van der Waals surface area contributed by atoms with E-state index in [4.69, 9.17) is 4.84 Å². The summed E-state index contributed by atoms with van der Waals surface area (Å²) in [5.74, 6) is 0. The quantitative estimate of drug-likeness (QED) is 0.653. The molecule has 2 rings (SSSR count). The maximum Gasteiger partial charge on any atom is 0.362 e. The SMILES string of the molecule is CCCc1c(SC)n(OCc2ccccc2)c(=O)[nH]c1=O. The zero-order chi connectivity index (χ0) is 15.2. The molecule has 21 heavy (non-hydrogen) atoms. The van der Waals surface area contributed by atoms with Crippen molar-refractivity contribution in [1.29, 1.82) is 0 Å². The second-order valence-electron chi connectivity index (χ2n) is 4.55. The lowest BCUT2D eigenvalue weighted by atomic mass is 10.2. The first-order valence-electron chi connectivity index (χ1n) is 6.76. The van der Waals surface area contributed by atoms with Crippen LogP contribution in [0.25, 0.3) is 0 Å². The van der Waals surface area contributed by atoms with Gasteiger partial charge in [0, 0.05) is 0 Å². The molecule has 0 aliphatic heterocycles. The molecule has 0 saturated carbocycles. The molecule has 0 bridgehead atoms. The molecular formula is C15H18N2O3S. The summed E-state index contributed by atoms with van der Waals surface area (Å²) in [4.78, 5) is 31.8. The average molecular weight is 306 g/mol. The molecule has 1 heterocycles. The summed E-state index contributed by atoms with van der Waals surface area (Å²) < 4.78 is 1.18. The number of nitrogens with one attached hydrogen (secondary N) is 1. The molecule has 2 aromatic rings. The van der Waals surface area contributed by atoms with Crippen LogP contribution in [0.5, 0.6) is 0 Å². The van der Waals surface area contributed by atoms with E-state index in [0.29, 0.717) is 17.0 Å². The van der Waals surface area contributed by atoms with Crippen LogP contribution in [0.15, 0.2) is 44.9 Å². The van der Waals surface area contributed by atoms with Crippen molar-refractivity contribution < 1.29 is 4.84 Å². The molecule has 0 aliphatic rings. The van der Waals surface area contributed by atoms with Crippen LogP contribution in [0.3, 0.4) is 0 Å². The highest BCUT2D eigenvalue weighted by molar-refractivity contribution is 7.98. The average Bonchev–Trinajstić information content (AvgIpc) is 2.49. The Kier molecular flexibility index (Phi) is 5.27. The summed E-state index contributed by atoms with van der Waals surface area (Å²) in [7, 11) is 0. The fourth-order valence-corrected chi connectivity index (χ4v) is 2.79. The first-order valence-corrected chi connectivity index (χ1v) is 7.99. The van der Waals surface area contributed by atoms with E-state index in [2.05, 4.69) is 4.98 Å². The Labute approximate surface area is 126 Å². The molecular weight excluding hydrogens is 288 g/mol. The summed E-state index contributed by atoms with van der Waals surface area (Å²) in [6.07, 6.45) is 3.27. The Bertz CT molecular complexity index is 707. The van der Waals surface area contributed by atoms with Crippen LogP contribution in [0.4, 0.5) is 0 Å². The highest BCUT2D eigenvalue weighted by Crippen LogP contribution is 2.16. The predicted octanol–water partition coefficient (Wildman–Crippen LogP) is 1.84. The van der Waals surface area contributed by atoms with Crippen LogP contribution in [0, 0.1) is 0 Å². The number of aromatic amines is 1. The molecule has 1 aromatic carbocycles. The summed E-state index contributed by atoms with van der Waals surface area (Å²) in [6.45, 7) is 2.26. The number of benzene rings is 1. The normalized spacial score (nSPS) is 10.6. The third kappa shape index (κ3) is 3.58. The smallest absolute Gasteiger partial charge is 0.362 e. The van der Waals surface area contributed by atoms with Crippen LogP contribution in [0.2, 0.25) is 0 Å². The number of rotatable bonds is 6. The number of hydrogen-bond donors (Lipinski definition) is 1. The minimum Gasteiger partial charge on any atom is -0.404 e. The van der Waals surface area contributed by atoms with Crippen molar-refractivity contribution in [3.05, 3.63) is 62.3 Å². The van der Waals surface area contributed by atoms with Gasteiger partial charge in [0.1, 0.15) is 11.6 Å². The molecule has 0 radical (unpaired) electrons. The van der Waals surface area contributed by atoms with Gasteiger partial charge in [0.25, 0.3) is 5.56 Å². The van der Waals surface area contributed by atoms with E-state index >= 15 is 0 Å². The van der Waals surface area contributed by atoms with Crippen LogP contribution in [-0.4, -0.2) is 16.0 Å². The monoisotopic (exact) mass is 306 g/mol. The minimum atomic E-state index is -0.542. The molecule has 112 valence electrons. The van der Waals surface area contributed by atoms with Gasteiger partial charge < -0.3 is 4.84 Å². The van der Waals surface area contributed by atoms with Gasteiger partial charge in [0.2, 0.25) is 0 Å². The molecule has 0 atom stereocenters. The Hall–Kier alpha value is -1.95. The van der Waals surface area contributed by atoms with Gasteiger partial charge in [-0.15, -0.1) is 16.5 Å². The number of H-pyrrole nitrogens is 1. The lowest BCUT2D eigenvalue weighted by molar-refractivity contribution is 0.0663. The summed E-state index contributed by atoms with van der Waals surface area (Å²) in [5.41, 5.74) is 0.684. The Morgan fingerprint density at radius 1 is 1.24 bits per heavy atom. The third-order valence-corrected chi connectivity index (χ3v) is 3.82. The van der Waals surface area contributed by atoms with Crippen molar-refractivity contribution in [3.8, 4) is 0 Å². The van der Waals surface area contributed by atoms with E-state index in [1.165, 1.54) is 16.5 Å². The first kappa shape index (κ1) is 15.4. The van der Waals surface area contributed by atoms with Gasteiger partial charge in [-0.05, 0) is 18.2 Å². The van der Waals surface area contributed by atoms with Gasteiger partial charge >= 0.3 is 5.69 Å². The van der Waals surface area contributed by atoms with Gasteiger partial charge in [0.15, 0.2) is 0 Å². The summed E-state index contributed by atoms with van der Waals surface area (Å²) in [6, 6.07) is 9.58. The number of thioether (sulfide) groups is 1. The van der Waals surface area contributed by atoms with E-state index in [9.17, 15) is 9.59 Å². The van der Waals surface area contributed by atoms with Crippen molar-refractivity contribution in [2.45, 2.75) is 31.4 Å². The lowest BCUT2D eigenvalue weighted by Gasteiger charge is -2.14. The second kappa shape index (κ2) is 7.17. The van der Waals surface area contributed by atoms with Crippen LogP contribution >= 0.6 is 11.8 Å². The molecule has 1 aromatic heterocycles. The van der Waals surface area contributed by atoms with E-state index in [-0.39, 0.29) is 12.2 Å². The molecule has 0 aliphatic carbocycles. The summed E-state index contributed by atoms with van der Waals surface area (Å²) >= 11 is 1.34. The van der Waals surface area contributed by atoms with Gasteiger partial charge in [0.05, 0.1) is 5.56 Å². The maximum atomic E-state index is 12.0. The van der Waals surface area contributed by atoms with Crippen LogP contribution in [-0.2, 0) is 13.0 Å².